The molecule has 1 amide bonds. The second-order valence-electron chi connectivity index (χ2n) is 6.01. The van der Waals surface area contributed by atoms with E-state index < -0.39 is 0 Å². The van der Waals surface area contributed by atoms with Crippen molar-refractivity contribution in [3.05, 3.63) is 65.4 Å². The molecule has 8 heteroatoms. The number of hydrogen-bond acceptors (Lipinski definition) is 5. The standard InChI is InChI=1S/C20H21ClN4O2S/c1-3-24(12-15-5-4-6-16(21)11-15)19(26)13-28-20-23-22-14-25(20)17-7-9-18(27-2)10-8-17/h4-11,14H,3,12-13H2,1-2H3. The number of amides is 1. The number of methoxy groups -OCH3 is 1. The molecular weight excluding hydrogens is 396 g/mol. The molecule has 0 atom stereocenters. The lowest BCUT2D eigenvalue weighted by molar-refractivity contribution is -0.128. The fraction of sp³-hybridized carbons (Fsp3) is 0.250. The number of ether oxygens (including phenoxy) is 1. The summed E-state index contributed by atoms with van der Waals surface area (Å²) in [5, 5.41) is 9.46. The summed E-state index contributed by atoms with van der Waals surface area (Å²) in [5.74, 6) is 1.10. The lowest BCUT2D eigenvalue weighted by Gasteiger charge is -2.21. The second kappa shape index (κ2) is 9.61. The normalized spacial score (nSPS) is 10.7. The molecule has 0 aliphatic carbocycles. The maximum absolute atomic E-state index is 12.7. The van der Waals surface area contributed by atoms with Crippen molar-refractivity contribution in [3.63, 3.8) is 0 Å². The van der Waals surface area contributed by atoms with Crippen molar-refractivity contribution >= 4 is 29.3 Å². The molecule has 1 heterocycles. The molecule has 146 valence electrons. The average Bonchev–Trinajstić information content (AvgIpc) is 3.19. The van der Waals surface area contributed by atoms with E-state index in [0.29, 0.717) is 23.3 Å². The monoisotopic (exact) mass is 416 g/mol. The van der Waals surface area contributed by atoms with E-state index in [2.05, 4.69) is 10.2 Å². The number of halogens is 1. The molecule has 0 N–H and O–H groups in total. The van der Waals surface area contributed by atoms with E-state index in [9.17, 15) is 4.79 Å². The second-order valence-corrected chi connectivity index (χ2v) is 7.39. The Kier molecular flexibility index (Phi) is 6.95. The van der Waals surface area contributed by atoms with Crippen LogP contribution in [0.1, 0.15) is 12.5 Å². The lowest BCUT2D eigenvalue weighted by Crippen LogP contribution is -2.31. The van der Waals surface area contributed by atoms with Crippen LogP contribution in [-0.4, -0.2) is 45.0 Å². The van der Waals surface area contributed by atoms with Crippen molar-refractivity contribution in [2.45, 2.75) is 18.6 Å². The predicted octanol–water partition coefficient (Wildman–Crippen LogP) is 4.07. The van der Waals surface area contributed by atoms with Gasteiger partial charge in [-0.05, 0) is 48.9 Å². The van der Waals surface area contributed by atoms with Gasteiger partial charge in [-0.15, -0.1) is 10.2 Å². The molecular formula is C20H21ClN4O2S. The Labute approximate surface area is 173 Å². The zero-order valence-electron chi connectivity index (χ0n) is 15.7. The van der Waals surface area contributed by atoms with Gasteiger partial charge in [-0.3, -0.25) is 9.36 Å². The highest BCUT2D eigenvalue weighted by Gasteiger charge is 2.15. The quantitative estimate of drug-likeness (QED) is 0.518. The number of carbonyl (C=O) groups is 1. The van der Waals surface area contributed by atoms with E-state index in [0.717, 1.165) is 17.0 Å². The molecule has 0 saturated carbocycles. The maximum atomic E-state index is 12.7. The summed E-state index contributed by atoms with van der Waals surface area (Å²) < 4.78 is 7.04. The van der Waals surface area contributed by atoms with Gasteiger partial charge in [-0.2, -0.15) is 0 Å². The summed E-state index contributed by atoms with van der Waals surface area (Å²) in [5.41, 5.74) is 1.92. The summed E-state index contributed by atoms with van der Waals surface area (Å²) in [4.78, 5) is 14.5. The van der Waals surface area contributed by atoms with Gasteiger partial charge in [0.2, 0.25) is 5.91 Å². The molecule has 0 bridgehead atoms. The molecule has 0 fully saturated rings. The zero-order chi connectivity index (χ0) is 19.9. The fourth-order valence-corrected chi connectivity index (χ4v) is 3.74. The van der Waals surface area contributed by atoms with E-state index in [1.165, 1.54) is 11.8 Å². The maximum Gasteiger partial charge on any atom is 0.233 e. The molecule has 0 aliphatic heterocycles. The third-order valence-corrected chi connectivity index (χ3v) is 5.35. The molecule has 1 aromatic heterocycles. The Bertz CT molecular complexity index is 930. The highest BCUT2D eigenvalue weighted by Crippen LogP contribution is 2.22. The molecule has 2 aromatic carbocycles. The zero-order valence-corrected chi connectivity index (χ0v) is 17.3. The summed E-state index contributed by atoms with van der Waals surface area (Å²) in [7, 11) is 1.63. The Balaban J connectivity index is 1.64. The van der Waals surface area contributed by atoms with Crippen LogP contribution in [-0.2, 0) is 11.3 Å². The minimum atomic E-state index is 0.0387. The van der Waals surface area contributed by atoms with E-state index >= 15 is 0 Å². The first-order valence-electron chi connectivity index (χ1n) is 8.80. The van der Waals surface area contributed by atoms with Gasteiger partial charge in [0.1, 0.15) is 12.1 Å². The highest BCUT2D eigenvalue weighted by atomic mass is 35.5. The van der Waals surface area contributed by atoms with Crippen molar-refractivity contribution < 1.29 is 9.53 Å². The van der Waals surface area contributed by atoms with Crippen LogP contribution < -0.4 is 4.74 Å². The van der Waals surface area contributed by atoms with Gasteiger partial charge in [0.05, 0.1) is 12.9 Å². The number of aromatic nitrogens is 3. The summed E-state index contributed by atoms with van der Waals surface area (Å²) in [6, 6.07) is 15.2. The van der Waals surface area contributed by atoms with Gasteiger partial charge in [0.15, 0.2) is 5.16 Å². The van der Waals surface area contributed by atoms with Crippen molar-refractivity contribution in [1.82, 2.24) is 19.7 Å². The molecule has 3 aromatic rings. The molecule has 3 rings (SSSR count). The van der Waals surface area contributed by atoms with E-state index in [-0.39, 0.29) is 11.7 Å². The minimum absolute atomic E-state index is 0.0387. The van der Waals surface area contributed by atoms with Crippen molar-refractivity contribution in [3.8, 4) is 11.4 Å². The van der Waals surface area contributed by atoms with Gasteiger partial charge in [0.25, 0.3) is 0 Å². The topological polar surface area (TPSA) is 60.2 Å². The molecule has 6 nitrogen and oxygen atoms in total. The molecule has 0 spiro atoms. The Morgan fingerprint density at radius 3 is 2.71 bits per heavy atom. The number of benzene rings is 2. The van der Waals surface area contributed by atoms with Gasteiger partial charge < -0.3 is 9.64 Å². The third-order valence-electron chi connectivity index (χ3n) is 4.19. The number of hydrogen-bond donors (Lipinski definition) is 0. The van der Waals surface area contributed by atoms with Gasteiger partial charge in [-0.25, -0.2) is 0 Å². The smallest absolute Gasteiger partial charge is 0.233 e. The lowest BCUT2D eigenvalue weighted by atomic mass is 10.2. The summed E-state index contributed by atoms with van der Waals surface area (Å²) in [6.45, 7) is 3.12. The van der Waals surface area contributed by atoms with Crippen LogP contribution in [0.15, 0.2) is 60.0 Å². The Hall–Kier alpha value is -2.51. The largest absolute Gasteiger partial charge is 0.497 e. The first kappa shape index (κ1) is 20.2. The van der Waals surface area contributed by atoms with E-state index in [4.69, 9.17) is 16.3 Å². The Morgan fingerprint density at radius 1 is 1.25 bits per heavy atom. The van der Waals surface area contributed by atoms with Crippen LogP contribution in [0.3, 0.4) is 0 Å². The molecule has 0 aliphatic rings. The van der Waals surface area contributed by atoms with Crippen molar-refractivity contribution in [2.75, 3.05) is 19.4 Å². The van der Waals surface area contributed by atoms with Crippen molar-refractivity contribution in [2.24, 2.45) is 0 Å². The van der Waals surface area contributed by atoms with Gasteiger partial charge >= 0.3 is 0 Å². The van der Waals surface area contributed by atoms with Gasteiger partial charge in [-0.1, -0.05) is 35.5 Å². The van der Waals surface area contributed by atoms with Crippen LogP contribution in [0.4, 0.5) is 0 Å². The number of thioether (sulfide) groups is 1. The van der Waals surface area contributed by atoms with E-state index in [1.54, 1.807) is 18.3 Å². The van der Waals surface area contributed by atoms with Crippen LogP contribution in [0.2, 0.25) is 5.02 Å². The summed E-state index contributed by atoms with van der Waals surface area (Å²) >= 11 is 7.41. The van der Waals surface area contributed by atoms with Crippen molar-refractivity contribution in [1.29, 1.82) is 0 Å². The fourth-order valence-electron chi connectivity index (χ4n) is 2.69. The minimum Gasteiger partial charge on any atom is -0.497 e. The van der Waals surface area contributed by atoms with Gasteiger partial charge in [0, 0.05) is 23.8 Å². The van der Waals surface area contributed by atoms with Crippen LogP contribution in [0.5, 0.6) is 5.75 Å². The molecule has 0 saturated heterocycles. The predicted molar refractivity (Wildman–Crippen MR) is 111 cm³/mol. The summed E-state index contributed by atoms with van der Waals surface area (Å²) in [6.07, 6.45) is 1.64. The number of rotatable bonds is 8. The number of carbonyl (C=O) groups excluding carboxylic acids is 1. The molecule has 0 unspecified atom stereocenters. The highest BCUT2D eigenvalue weighted by molar-refractivity contribution is 7.99. The van der Waals surface area contributed by atoms with Crippen LogP contribution >= 0.6 is 23.4 Å². The Morgan fingerprint density at radius 2 is 2.04 bits per heavy atom. The molecule has 0 radical (unpaired) electrons. The third kappa shape index (κ3) is 5.05. The number of nitrogens with zero attached hydrogens (tertiary/aromatic N) is 4. The first-order chi connectivity index (χ1) is 13.6. The average molecular weight is 417 g/mol. The SMILES string of the molecule is CCN(Cc1cccc(Cl)c1)C(=O)CSc1nncn1-c1ccc(OC)cc1. The first-order valence-corrected chi connectivity index (χ1v) is 10.2. The van der Waals surface area contributed by atoms with Crippen LogP contribution in [0.25, 0.3) is 5.69 Å². The van der Waals surface area contributed by atoms with Crippen LogP contribution in [0, 0.1) is 0 Å². The molecule has 28 heavy (non-hydrogen) atoms. The van der Waals surface area contributed by atoms with E-state index in [1.807, 2.05) is 60.0 Å².